The summed E-state index contributed by atoms with van der Waals surface area (Å²) in [6.07, 6.45) is 1.13. The summed E-state index contributed by atoms with van der Waals surface area (Å²) in [7, 11) is 3.92. The number of hydrogen-bond acceptors (Lipinski definition) is 8. The lowest BCUT2D eigenvalue weighted by atomic mass is 10.1. The highest BCUT2D eigenvalue weighted by molar-refractivity contribution is 6.00. The zero-order valence-electron chi connectivity index (χ0n) is 14.6. The van der Waals surface area contributed by atoms with Crippen molar-refractivity contribution in [2.75, 3.05) is 39.8 Å². The van der Waals surface area contributed by atoms with Crippen molar-refractivity contribution in [2.45, 2.75) is 0 Å². The molecule has 0 saturated heterocycles. The number of carbonyl (C=O) groups excluding carboxylic acids is 3. The molecule has 9 heteroatoms. The van der Waals surface area contributed by atoms with Crippen molar-refractivity contribution >= 4 is 23.5 Å². The van der Waals surface area contributed by atoms with Gasteiger partial charge in [0.05, 0.1) is 37.6 Å². The molecule has 0 aliphatic heterocycles. The number of methoxy groups -OCH3 is 3. The summed E-state index contributed by atoms with van der Waals surface area (Å²) in [6, 6.07) is 5.87. The second-order valence-electron chi connectivity index (χ2n) is 4.81. The van der Waals surface area contributed by atoms with E-state index in [1.165, 1.54) is 39.5 Å². The number of benzene rings is 1. The Bertz CT molecular complexity index is 751. The molecule has 0 saturated carbocycles. The van der Waals surface area contributed by atoms with Crippen LogP contribution in [0.3, 0.4) is 0 Å². The third-order valence-corrected chi connectivity index (χ3v) is 3.17. The number of ether oxygens (including phenoxy) is 3. The molecule has 0 bridgehead atoms. The zero-order chi connectivity index (χ0) is 19.5. The highest BCUT2D eigenvalue weighted by Crippen LogP contribution is 2.20. The van der Waals surface area contributed by atoms with Crippen LogP contribution in [0.5, 0.6) is 0 Å². The molecule has 0 aliphatic rings. The number of nitrogens with one attached hydrogen (secondary N) is 2. The molecule has 1 aromatic carbocycles. The molecule has 0 spiro atoms. The third kappa shape index (κ3) is 5.61. The summed E-state index contributed by atoms with van der Waals surface area (Å²) in [5.41, 5.74) is 0.255. The van der Waals surface area contributed by atoms with E-state index in [0.717, 1.165) is 6.20 Å². The first-order valence-electron chi connectivity index (χ1n) is 7.43. The second kappa shape index (κ2) is 10.5. The van der Waals surface area contributed by atoms with Crippen LogP contribution in [0.1, 0.15) is 20.7 Å². The van der Waals surface area contributed by atoms with Crippen LogP contribution in [0.15, 0.2) is 30.0 Å². The molecule has 0 atom stereocenters. The number of anilines is 1. The van der Waals surface area contributed by atoms with Gasteiger partial charge in [0, 0.05) is 19.9 Å². The molecule has 2 N–H and O–H groups in total. The highest BCUT2D eigenvalue weighted by atomic mass is 16.5. The predicted molar refractivity (Wildman–Crippen MR) is 91.3 cm³/mol. The molecule has 9 nitrogen and oxygen atoms in total. The van der Waals surface area contributed by atoms with Crippen LogP contribution in [0.2, 0.25) is 0 Å². The van der Waals surface area contributed by atoms with Gasteiger partial charge in [0.15, 0.2) is 0 Å². The molecule has 26 heavy (non-hydrogen) atoms. The predicted octanol–water partition coefficient (Wildman–Crippen LogP) is 0.842. The van der Waals surface area contributed by atoms with Crippen molar-refractivity contribution in [2.24, 2.45) is 0 Å². The van der Waals surface area contributed by atoms with E-state index in [1.54, 1.807) is 6.07 Å². The Balaban J connectivity index is 3.11. The average Bonchev–Trinajstić information content (AvgIpc) is 2.67. The summed E-state index contributed by atoms with van der Waals surface area (Å²) in [5.74, 6) is -1.87. The SMILES string of the molecule is COCCNC(=O)/C(C#N)=C\Nc1cc(C(=O)OC)ccc1C(=O)OC. The number of esters is 2. The summed E-state index contributed by atoms with van der Waals surface area (Å²) < 4.78 is 14.1. The highest BCUT2D eigenvalue weighted by Gasteiger charge is 2.16. The molecule has 1 aromatic rings. The van der Waals surface area contributed by atoms with Gasteiger partial charge in [0.2, 0.25) is 0 Å². The van der Waals surface area contributed by atoms with Crippen molar-refractivity contribution < 1.29 is 28.6 Å². The summed E-state index contributed by atoms with van der Waals surface area (Å²) in [5, 5.41) is 14.3. The van der Waals surface area contributed by atoms with Gasteiger partial charge in [-0.05, 0) is 18.2 Å². The van der Waals surface area contributed by atoms with Gasteiger partial charge < -0.3 is 24.8 Å². The maximum Gasteiger partial charge on any atom is 0.339 e. The minimum absolute atomic E-state index is 0.119. The van der Waals surface area contributed by atoms with Gasteiger partial charge in [-0.15, -0.1) is 0 Å². The van der Waals surface area contributed by atoms with Crippen LogP contribution in [0.4, 0.5) is 5.69 Å². The summed E-state index contributed by atoms with van der Waals surface area (Å²) >= 11 is 0. The van der Waals surface area contributed by atoms with Gasteiger partial charge in [-0.1, -0.05) is 0 Å². The van der Waals surface area contributed by atoms with Crippen LogP contribution < -0.4 is 10.6 Å². The maximum atomic E-state index is 11.9. The average molecular weight is 361 g/mol. The van der Waals surface area contributed by atoms with Crippen LogP contribution >= 0.6 is 0 Å². The first kappa shape index (κ1) is 20.7. The van der Waals surface area contributed by atoms with Crippen LogP contribution in [-0.2, 0) is 19.0 Å². The Morgan fingerprint density at radius 2 is 1.85 bits per heavy atom. The van der Waals surface area contributed by atoms with E-state index in [-0.39, 0.29) is 28.9 Å². The lowest BCUT2D eigenvalue weighted by molar-refractivity contribution is -0.117. The number of carbonyl (C=O) groups is 3. The molecule has 0 heterocycles. The van der Waals surface area contributed by atoms with E-state index >= 15 is 0 Å². The molecule has 138 valence electrons. The van der Waals surface area contributed by atoms with E-state index < -0.39 is 17.8 Å². The van der Waals surface area contributed by atoms with Crippen molar-refractivity contribution in [3.05, 3.63) is 41.1 Å². The van der Waals surface area contributed by atoms with Crippen molar-refractivity contribution in [1.82, 2.24) is 5.32 Å². The topological polar surface area (TPSA) is 127 Å². The van der Waals surface area contributed by atoms with Gasteiger partial charge in [-0.3, -0.25) is 4.79 Å². The zero-order valence-corrected chi connectivity index (χ0v) is 14.6. The second-order valence-corrected chi connectivity index (χ2v) is 4.81. The smallest absolute Gasteiger partial charge is 0.339 e. The summed E-state index contributed by atoms with van der Waals surface area (Å²) in [4.78, 5) is 35.4. The Hall–Kier alpha value is -3.38. The molecular formula is C17H19N3O6. The van der Waals surface area contributed by atoms with Crippen molar-refractivity contribution in [3.63, 3.8) is 0 Å². The normalized spacial score (nSPS) is 10.5. The number of nitriles is 1. The lowest BCUT2D eigenvalue weighted by Gasteiger charge is -2.10. The molecule has 1 rings (SSSR count). The van der Waals surface area contributed by atoms with E-state index in [9.17, 15) is 14.4 Å². The minimum Gasteiger partial charge on any atom is -0.465 e. The van der Waals surface area contributed by atoms with E-state index in [2.05, 4.69) is 20.1 Å². The maximum absolute atomic E-state index is 11.9. The van der Waals surface area contributed by atoms with Crippen LogP contribution in [-0.4, -0.2) is 52.3 Å². The van der Waals surface area contributed by atoms with Crippen LogP contribution in [0.25, 0.3) is 0 Å². The molecule has 0 aliphatic carbocycles. The Morgan fingerprint density at radius 1 is 1.15 bits per heavy atom. The first-order chi connectivity index (χ1) is 12.5. The van der Waals surface area contributed by atoms with Crippen molar-refractivity contribution in [3.8, 4) is 6.07 Å². The van der Waals surface area contributed by atoms with Gasteiger partial charge in [0.25, 0.3) is 5.91 Å². The molecule has 0 radical (unpaired) electrons. The van der Waals surface area contributed by atoms with E-state index in [4.69, 9.17) is 10.00 Å². The van der Waals surface area contributed by atoms with Gasteiger partial charge in [-0.2, -0.15) is 5.26 Å². The van der Waals surface area contributed by atoms with Gasteiger partial charge in [-0.25, -0.2) is 9.59 Å². The number of hydrogen-bond donors (Lipinski definition) is 2. The fourth-order valence-corrected chi connectivity index (χ4v) is 1.86. The summed E-state index contributed by atoms with van der Waals surface area (Å²) in [6.45, 7) is 0.533. The quantitative estimate of drug-likeness (QED) is 0.302. The van der Waals surface area contributed by atoms with E-state index in [0.29, 0.717) is 6.61 Å². The van der Waals surface area contributed by atoms with Gasteiger partial charge >= 0.3 is 11.9 Å². The van der Waals surface area contributed by atoms with Gasteiger partial charge in [0.1, 0.15) is 11.6 Å². The molecule has 0 unspecified atom stereocenters. The Labute approximate surface area is 150 Å². The fourth-order valence-electron chi connectivity index (χ4n) is 1.86. The lowest BCUT2D eigenvalue weighted by Crippen LogP contribution is -2.28. The standard InChI is InChI=1S/C17H19N3O6/c1-24-7-6-19-15(21)12(9-18)10-20-14-8-11(16(22)25-2)4-5-13(14)17(23)26-3/h4-5,8,10,20H,6-7H2,1-3H3,(H,19,21)/b12-10-. The Morgan fingerprint density at radius 3 is 2.42 bits per heavy atom. The molecular weight excluding hydrogens is 342 g/mol. The first-order valence-corrected chi connectivity index (χ1v) is 7.43. The fraction of sp³-hybridized carbons (Fsp3) is 0.294. The number of rotatable bonds is 8. The Kier molecular flexibility index (Phi) is 8.33. The third-order valence-electron chi connectivity index (χ3n) is 3.17. The van der Waals surface area contributed by atoms with Crippen molar-refractivity contribution in [1.29, 1.82) is 5.26 Å². The van der Waals surface area contributed by atoms with E-state index in [1.807, 2.05) is 0 Å². The molecule has 0 aromatic heterocycles. The minimum atomic E-state index is -0.652. The molecule has 1 amide bonds. The molecule has 0 fully saturated rings. The number of nitrogens with zero attached hydrogens (tertiary/aromatic N) is 1. The number of amides is 1. The van der Waals surface area contributed by atoms with Crippen LogP contribution in [0, 0.1) is 11.3 Å². The monoisotopic (exact) mass is 361 g/mol. The largest absolute Gasteiger partial charge is 0.465 e.